The van der Waals surface area contributed by atoms with Gasteiger partial charge in [-0.05, 0) is 33.1 Å². The molecule has 0 bridgehead atoms. The number of aryl methyl sites for hydroxylation is 1. The fraction of sp³-hybridized carbons (Fsp3) is 0.636. The number of aliphatic hydroxyl groups is 1. The molecule has 1 heterocycles. The second-order valence-corrected chi connectivity index (χ2v) is 4.36. The van der Waals surface area contributed by atoms with Crippen molar-refractivity contribution in [1.82, 2.24) is 9.78 Å². The number of carboxylic acids is 1. The maximum absolute atomic E-state index is 11.0. The lowest BCUT2D eigenvalue weighted by molar-refractivity contribution is 0.0694. The van der Waals surface area contributed by atoms with Crippen molar-refractivity contribution in [2.45, 2.75) is 45.3 Å². The molecule has 2 rings (SSSR count). The summed E-state index contributed by atoms with van der Waals surface area (Å²) in [6, 6.07) is -0.0631. The van der Waals surface area contributed by atoms with Crippen LogP contribution in [0.5, 0.6) is 0 Å². The van der Waals surface area contributed by atoms with Gasteiger partial charge in [-0.2, -0.15) is 5.10 Å². The van der Waals surface area contributed by atoms with Crippen molar-refractivity contribution in [2.75, 3.05) is 0 Å². The first kappa shape index (κ1) is 11.1. The zero-order valence-electron chi connectivity index (χ0n) is 9.47. The van der Waals surface area contributed by atoms with E-state index in [-0.39, 0.29) is 11.6 Å². The Bertz CT molecular complexity index is 425. The summed E-state index contributed by atoms with van der Waals surface area (Å²) in [6.45, 7) is 3.43. The number of aliphatic hydroxyl groups excluding tert-OH is 1. The minimum absolute atomic E-state index is 0.0631. The summed E-state index contributed by atoms with van der Waals surface area (Å²) in [5, 5.41) is 23.1. The Labute approximate surface area is 93.7 Å². The fourth-order valence-electron chi connectivity index (χ4n) is 2.50. The number of hydrogen-bond acceptors (Lipinski definition) is 3. The molecular weight excluding hydrogens is 208 g/mol. The number of aromatic carboxylic acids is 1. The lowest BCUT2D eigenvalue weighted by Gasteiger charge is -2.16. The van der Waals surface area contributed by atoms with Crippen LogP contribution in [-0.4, -0.2) is 32.1 Å². The van der Waals surface area contributed by atoms with Crippen LogP contribution in [0.1, 0.15) is 47.1 Å². The monoisotopic (exact) mass is 224 g/mol. The highest BCUT2D eigenvalue weighted by Gasteiger charge is 2.30. The van der Waals surface area contributed by atoms with Crippen molar-refractivity contribution < 1.29 is 15.0 Å². The molecule has 0 aromatic carbocycles. The van der Waals surface area contributed by atoms with Crippen LogP contribution < -0.4 is 0 Å². The maximum Gasteiger partial charge on any atom is 0.339 e. The van der Waals surface area contributed by atoms with E-state index in [4.69, 9.17) is 5.11 Å². The molecule has 2 unspecified atom stereocenters. The molecule has 88 valence electrons. The molecule has 1 aromatic rings. The lowest BCUT2D eigenvalue weighted by Crippen LogP contribution is -2.20. The number of carbonyl (C=O) groups is 1. The summed E-state index contributed by atoms with van der Waals surface area (Å²) in [7, 11) is 0. The van der Waals surface area contributed by atoms with E-state index in [0.29, 0.717) is 11.4 Å². The molecule has 0 spiro atoms. The molecule has 5 nitrogen and oxygen atoms in total. The number of nitrogens with zero attached hydrogens (tertiary/aromatic N) is 2. The van der Waals surface area contributed by atoms with E-state index >= 15 is 0 Å². The predicted octanol–water partition coefficient (Wildman–Crippen LogP) is 1.28. The van der Waals surface area contributed by atoms with E-state index in [9.17, 15) is 9.90 Å². The van der Waals surface area contributed by atoms with Gasteiger partial charge in [0.1, 0.15) is 5.56 Å². The van der Waals surface area contributed by atoms with Gasteiger partial charge in [-0.25, -0.2) is 4.79 Å². The van der Waals surface area contributed by atoms with Gasteiger partial charge in [0, 0.05) is 0 Å². The Morgan fingerprint density at radius 1 is 1.44 bits per heavy atom. The second-order valence-electron chi connectivity index (χ2n) is 4.36. The third kappa shape index (κ3) is 1.61. The number of rotatable bonds is 2. The Balaban J connectivity index is 2.42. The smallest absolute Gasteiger partial charge is 0.339 e. The van der Waals surface area contributed by atoms with E-state index in [1.54, 1.807) is 18.5 Å². The normalized spacial score (nSPS) is 24.9. The average Bonchev–Trinajstić information content (AvgIpc) is 2.70. The molecule has 0 saturated heterocycles. The van der Waals surface area contributed by atoms with Gasteiger partial charge in [0.05, 0.1) is 23.5 Å². The fourth-order valence-corrected chi connectivity index (χ4v) is 2.50. The summed E-state index contributed by atoms with van der Waals surface area (Å²) >= 11 is 0. The zero-order chi connectivity index (χ0) is 11.9. The maximum atomic E-state index is 11.0. The first-order valence-corrected chi connectivity index (χ1v) is 5.49. The minimum atomic E-state index is -0.950. The van der Waals surface area contributed by atoms with E-state index in [1.165, 1.54) is 0 Å². The molecule has 1 aromatic heterocycles. The summed E-state index contributed by atoms with van der Waals surface area (Å²) < 4.78 is 1.68. The van der Waals surface area contributed by atoms with Crippen molar-refractivity contribution in [1.29, 1.82) is 0 Å². The standard InChI is InChI=1S/C11H16N2O3/c1-6-10(11(15)16)7(2)13(12-6)8-4-3-5-9(8)14/h8-9,14H,3-5H2,1-2H3,(H,15,16). The Morgan fingerprint density at radius 3 is 2.56 bits per heavy atom. The summed E-state index contributed by atoms with van der Waals surface area (Å²) in [5.41, 5.74) is 1.42. The van der Waals surface area contributed by atoms with Gasteiger partial charge < -0.3 is 10.2 Å². The zero-order valence-corrected chi connectivity index (χ0v) is 9.47. The molecule has 5 heteroatoms. The Kier molecular flexibility index (Phi) is 2.71. The first-order valence-electron chi connectivity index (χ1n) is 5.49. The van der Waals surface area contributed by atoms with Crippen LogP contribution in [0.2, 0.25) is 0 Å². The van der Waals surface area contributed by atoms with E-state index in [0.717, 1.165) is 19.3 Å². The molecular formula is C11H16N2O3. The van der Waals surface area contributed by atoms with Gasteiger partial charge in [-0.15, -0.1) is 0 Å². The van der Waals surface area contributed by atoms with Gasteiger partial charge in [0.25, 0.3) is 0 Å². The van der Waals surface area contributed by atoms with Crippen LogP contribution in [0.4, 0.5) is 0 Å². The number of aromatic nitrogens is 2. The van der Waals surface area contributed by atoms with Crippen molar-refractivity contribution in [3.8, 4) is 0 Å². The number of hydrogen-bond donors (Lipinski definition) is 2. The minimum Gasteiger partial charge on any atom is -0.478 e. The summed E-state index contributed by atoms with van der Waals surface area (Å²) in [5.74, 6) is -0.950. The quantitative estimate of drug-likeness (QED) is 0.793. The van der Waals surface area contributed by atoms with Crippen LogP contribution >= 0.6 is 0 Å². The largest absolute Gasteiger partial charge is 0.478 e. The highest BCUT2D eigenvalue weighted by atomic mass is 16.4. The SMILES string of the molecule is Cc1nn(C2CCCC2O)c(C)c1C(=O)O. The highest BCUT2D eigenvalue weighted by Crippen LogP contribution is 2.31. The molecule has 1 saturated carbocycles. The van der Waals surface area contributed by atoms with Crippen molar-refractivity contribution >= 4 is 5.97 Å². The third-order valence-electron chi connectivity index (χ3n) is 3.30. The van der Waals surface area contributed by atoms with Crippen molar-refractivity contribution in [3.05, 3.63) is 17.0 Å². The molecule has 0 radical (unpaired) electrons. The molecule has 16 heavy (non-hydrogen) atoms. The Morgan fingerprint density at radius 2 is 2.12 bits per heavy atom. The molecule has 2 N–H and O–H groups in total. The highest BCUT2D eigenvalue weighted by molar-refractivity contribution is 5.90. The summed E-state index contributed by atoms with van der Waals surface area (Å²) in [6.07, 6.45) is 2.19. The first-order chi connectivity index (χ1) is 7.52. The van der Waals surface area contributed by atoms with Gasteiger partial charge >= 0.3 is 5.97 Å². The molecule has 1 aliphatic rings. The van der Waals surface area contributed by atoms with Crippen LogP contribution in [0.15, 0.2) is 0 Å². The van der Waals surface area contributed by atoms with Gasteiger partial charge in [0.15, 0.2) is 0 Å². The average molecular weight is 224 g/mol. The summed E-state index contributed by atoms with van der Waals surface area (Å²) in [4.78, 5) is 11.0. The molecule has 0 aliphatic heterocycles. The van der Waals surface area contributed by atoms with Crippen LogP contribution in [0.3, 0.4) is 0 Å². The lowest BCUT2D eigenvalue weighted by atomic mass is 10.2. The predicted molar refractivity (Wildman–Crippen MR) is 57.6 cm³/mol. The van der Waals surface area contributed by atoms with Crippen LogP contribution in [-0.2, 0) is 0 Å². The van der Waals surface area contributed by atoms with E-state index < -0.39 is 12.1 Å². The van der Waals surface area contributed by atoms with E-state index in [2.05, 4.69) is 5.10 Å². The Hall–Kier alpha value is -1.36. The molecule has 1 aliphatic carbocycles. The van der Waals surface area contributed by atoms with Crippen LogP contribution in [0.25, 0.3) is 0 Å². The van der Waals surface area contributed by atoms with Crippen LogP contribution in [0, 0.1) is 13.8 Å². The van der Waals surface area contributed by atoms with Crippen molar-refractivity contribution in [3.63, 3.8) is 0 Å². The van der Waals surface area contributed by atoms with Gasteiger partial charge in [-0.3, -0.25) is 4.68 Å². The van der Waals surface area contributed by atoms with Gasteiger partial charge in [-0.1, -0.05) is 0 Å². The molecule has 1 fully saturated rings. The molecule has 2 atom stereocenters. The van der Waals surface area contributed by atoms with E-state index in [1.807, 2.05) is 0 Å². The van der Waals surface area contributed by atoms with Crippen molar-refractivity contribution in [2.24, 2.45) is 0 Å². The second kappa shape index (κ2) is 3.90. The van der Waals surface area contributed by atoms with Gasteiger partial charge in [0.2, 0.25) is 0 Å². The molecule has 0 amide bonds. The number of carboxylic acid groups (broad SMARTS) is 1. The third-order valence-corrected chi connectivity index (χ3v) is 3.30. The topological polar surface area (TPSA) is 75.3 Å².